The summed E-state index contributed by atoms with van der Waals surface area (Å²) in [6.07, 6.45) is 1.05. The Hall–Kier alpha value is -2.30. The van der Waals surface area contributed by atoms with Crippen LogP contribution in [0.25, 0.3) is 11.0 Å². The molecule has 5 heteroatoms. The Balaban J connectivity index is 1.90. The number of hydrogen-bond acceptors (Lipinski definition) is 3. The molecule has 3 heterocycles. The lowest BCUT2D eigenvalue weighted by atomic mass is 10.0. The van der Waals surface area contributed by atoms with Gasteiger partial charge in [0.25, 0.3) is 0 Å². The van der Waals surface area contributed by atoms with Gasteiger partial charge in [-0.25, -0.2) is 9.36 Å². The largest absolute Gasteiger partial charge is 0.370 e. The average Bonchev–Trinajstić information content (AvgIpc) is 2.99. The molecule has 21 heavy (non-hydrogen) atoms. The highest BCUT2D eigenvalue weighted by molar-refractivity contribution is 5.90. The second kappa shape index (κ2) is 4.35. The smallest absolute Gasteiger partial charge is 0.182 e. The molecule has 0 bridgehead atoms. The summed E-state index contributed by atoms with van der Waals surface area (Å²) in [6, 6.07) is 9.08. The Morgan fingerprint density at radius 3 is 2.67 bits per heavy atom. The maximum absolute atomic E-state index is 4.81. The second-order valence-electron chi connectivity index (χ2n) is 5.84. The van der Waals surface area contributed by atoms with Gasteiger partial charge in [-0.3, -0.25) is 0 Å². The number of fused-ring (bicyclic) bond motifs is 3. The summed E-state index contributed by atoms with van der Waals surface area (Å²) in [4.78, 5) is 0. The molecule has 0 saturated heterocycles. The van der Waals surface area contributed by atoms with Gasteiger partial charge in [-0.15, -0.1) is 0 Å². The Labute approximate surface area is 123 Å². The van der Waals surface area contributed by atoms with Crippen LogP contribution >= 0.6 is 0 Å². The van der Waals surface area contributed by atoms with Crippen molar-refractivity contribution in [3.8, 4) is 0 Å². The molecule has 2 aromatic heterocycles. The highest BCUT2D eigenvalue weighted by Gasteiger charge is 2.27. The molecule has 0 radical (unpaired) electrons. The summed E-state index contributed by atoms with van der Waals surface area (Å²) in [5, 5.41) is 13.9. The third-order valence-electron chi connectivity index (χ3n) is 4.33. The molecule has 0 spiro atoms. The van der Waals surface area contributed by atoms with Crippen LogP contribution in [0.15, 0.2) is 24.3 Å². The van der Waals surface area contributed by atoms with Crippen LogP contribution in [0.2, 0.25) is 0 Å². The summed E-state index contributed by atoms with van der Waals surface area (Å²) >= 11 is 0. The molecule has 0 amide bonds. The number of aromatic nitrogens is 4. The van der Waals surface area contributed by atoms with E-state index in [4.69, 9.17) is 5.10 Å². The Kier molecular flexibility index (Phi) is 2.58. The van der Waals surface area contributed by atoms with Gasteiger partial charge in [-0.05, 0) is 25.8 Å². The van der Waals surface area contributed by atoms with Gasteiger partial charge in [0.05, 0.1) is 17.1 Å². The summed E-state index contributed by atoms with van der Waals surface area (Å²) in [6.45, 7) is 5.13. The lowest BCUT2D eigenvalue weighted by Crippen LogP contribution is -2.24. The van der Waals surface area contributed by atoms with Crippen molar-refractivity contribution in [3.63, 3.8) is 0 Å². The van der Waals surface area contributed by atoms with Crippen LogP contribution in [0, 0.1) is 13.8 Å². The molecule has 1 N–H and O–H groups in total. The molecule has 1 aliphatic heterocycles. The van der Waals surface area contributed by atoms with E-state index in [9.17, 15) is 0 Å². The van der Waals surface area contributed by atoms with Gasteiger partial charge in [-0.2, -0.15) is 10.2 Å². The van der Waals surface area contributed by atoms with Gasteiger partial charge in [0.15, 0.2) is 5.65 Å². The van der Waals surface area contributed by atoms with Gasteiger partial charge in [0, 0.05) is 13.6 Å². The molecule has 0 fully saturated rings. The van der Waals surface area contributed by atoms with Crippen molar-refractivity contribution in [2.45, 2.75) is 26.3 Å². The monoisotopic (exact) mass is 281 g/mol. The zero-order chi connectivity index (χ0) is 14.6. The quantitative estimate of drug-likeness (QED) is 0.746. The van der Waals surface area contributed by atoms with Crippen LogP contribution in [-0.4, -0.2) is 26.1 Å². The molecule has 3 aromatic rings. The molecule has 1 unspecified atom stereocenters. The minimum atomic E-state index is 0.300. The number of aryl methyl sites for hydroxylation is 3. The number of rotatable bonds is 1. The second-order valence-corrected chi connectivity index (χ2v) is 5.84. The molecular formula is C16H19N5. The van der Waals surface area contributed by atoms with E-state index >= 15 is 0 Å². The molecule has 0 aliphatic carbocycles. The van der Waals surface area contributed by atoms with Crippen molar-refractivity contribution in [2.75, 3.05) is 11.9 Å². The number of anilines is 1. The van der Waals surface area contributed by atoms with E-state index < -0.39 is 0 Å². The number of hydrogen-bond donors (Lipinski definition) is 1. The molecule has 1 aromatic carbocycles. The lowest BCUT2D eigenvalue weighted by Gasteiger charge is -2.26. The molecule has 5 nitrogen and oxygen atoms in total. The Morgan fingerprint density at radius 1 is 1.14 bits per heavy atom. The standard InChI is InChI=1S/C16H19N5/c1-10-4-6-12(7-5-10)13-8-9-17-15-14-11(2)18-20(3)16(14)19-21(13)15/h4-7,13,17H,8-9H2,1-3H3. The maximum atomic E-state index is 4.81. The predicted molar refractivity (Wildman–Crippen MR) is 83.7 cm³/mol. The SMILES string of the molecule is Cc1ccc(C2CCNc3c4c(C)nn(C)c4nn32)cc1. The highest BCUT2D eigenvalue weighted by Crippen LogP contribution is 2.35. The fourth-order valence-electron chi connectivity index (χ4n) is 3.25. The number of nitrogens with one attached hydrogen (secondary N) is 1. The molecular weight excluding hydrogens is 262 g/mol. The fourth-order valence-corrected chi connectivity index (χ4v) is 3.25. The van der Waals surface area contributed by atoms with Crippen molar-refractivity contribution in [1.29, 1.82) is 0 Å². The number of nitrogens with zero attached hydrogens (tertiary/aromatic N) is 4. The first-order chi connectivity index (χ1) is 10.1. The van der Waals surface area contributed by atoms with Crippen LogP contribution in [0.3, 0.4) is 0 Å². The fraction of sp³-hybridized carbons (Fsp3) is 0.375. The van der Waals surface area contributed by atoms with Crippen molar-refractivity contribution in [3.05, 3.63) is 41.1 Å². The summed E-state index contributed by atoms with van der Waals surface area (Å²) in [7, 11) is 1.95. The first-order valence-electron chi connectivity index (χ1n) is 7.37. The summed E-state index contributed by atoms with van der Waals surface area (Å²) in [5.41, 5.74) is 4.60. The summed E-state index contributed by atoms with van der Waals surface area (Å²) < 4.78 is 4.00. The van der Waals surface area contributed by atoms with Crippen LogP contribution < -0.4 is 5.32 Å². The topological polar surface area (TPSA) is 47.7 Å². The third kappa shape index (κ3) is 1.77. The highest BCUT2D eigenvalue weighted by atomic mass is 15.4. The van der Waals surface area contributed by atoms with Crippen molar-refractivity contribution in [2.24, 2.45) is 7.05 Å². The van der Waals surface area contributed by atoms with Crippen LogP contribution in [-0.2, 0) is 7.05 Å². The van der Waals surface area contributed by atoms with E-state index in [1.54, 1.807) is 0 Å². The normalized spacial score (nSPS) is 17.8. The minimum Gasteiger partial charge on any atom is -0.370 e. The van der Waals surface area contributed by atoms with E-state index in [1.807, 2.05) is 18.7 Å². The lowest BCUT2D eigenvalue weighted by molar-refractivity contribution is 0.482. The molecule has 0 saturated carbocycles. The number of benzene rings is 1. The first-order valence-corrected chi connectivity index (χ1v) is 7.37. The molecule has 108 valence electrons. The van der Waals surface area contributed by atoms with Crippen LogP contribution in [0.4, 0.5) is 5.82 Å². The molecule has 4 rings (SSSR count). The van der Waals surface area contributed by atoms with E-state index in [-0.39, 0.29) is 0 Å². The van der Waals surface area contributed by atoms with E-state index in [0.717, 1.165) is 35.5 Å². The van der Waals surface area contributed by atoms with Gasteiger partial charge < -0.3 is 5.32 Å². The third-order valence-corrected chi connectivity index (χ3v) is 4.33. The zero-order valence-corrected chi connectivity index (χ0v) is 12.6. The van der Waals surface area contributed by atoms with E-state index in [0.29, 0.717) is 6.04 Å². The maximum Gasteiger partial charge on any atom is 0.182 e. The van der Waals surface area contributed by atoms with Gasteiger partial charge in [0.2, 0.25) is 0 Å². The van der Waals surface area contributed by atoms with Crippen molar-refractivity contribution in [1.82, 2.24) is 19.6 Å². The van der Waals surface area contributed by atoms with Gasteiger partial charge >= 0.3 is 0 Å². The van der Waals surface area contributed by atoms with Crippen molar-refractivity contribution < 1.29 is 0 Å². The van der Waals surface area contributed by atoms with Crippen LogP contribution in [0.1, 0.15) is 29.3 Å². The predicted octanol–water partition coefficient (Wildman–Crippen LogP) is 2.79. The van der Waals surface area contributed by atoms with E-state index in [2.05, 4.69) is 46.3 Å². The van der Waals surface area contributed by atoms with Crippen molar-refractivity contribution >= 4 is 16.9 Å². The first kappa shape index (κ1) is 12.4. The summed E-state index contributed by atoms with van der Waals surface area (Å²) in [5.74, 6) is 1.10. The molecule has 1 atom stereocenters. The van der Waals surface area contributed by atoms with E-state index in [1.165, 1.54) is 11.1 Å². The Morgan fingerprint density at radius 2 is 1.90 bits per heavy atom. The average molecular weight is 281 g/mol. The van der Waals surface area contributed by atoms with Gasteiger partial charge in [0.1, 0.15) is 5.82 Å². The van der Waals surface area contributed by atoms with Gasteiger partial charge in [-0.1, -0.05) is 29.8 Å². The van der Waals surface area contributed by atoms with Crippen LogP contribution in [0.5, 0.6) is 0 Å². The minimum absolute atomic E-state index is 0.300. The Bertz CT molecular complexity index is 809. The zero-order valence-electron chi connectivity index (χ0n) is 12.6. The molecule has 1 aliphatic rings.